The number of aliphatic hydroxyl groups excluding tert-OH is 2. The highest BCUT2D eigenvalue weighted by atomic mass is 16.3. The van der Waals surface area contributed by atoms with Crippen LogP contribution in [-0.4, -0.2) is 38.8 Å². The van der Waals surface area contributed by atoms with E-state index in [9.17, 15) is 5.11 Å². The van der Waals surface area contributed by atoms with E-state index < -0.39 is 0 Å². The van der Waals surface area contributed by atoms with Crippen LogP contribution in [0.2, 0.25) is 0 Å². The Bertz CT molecular complexity index is 536. The van der Waals surface area contributed by atoms with E-state index in [0.29, 0.717) is 6.42 Å². The summed E-state index contributed by atoms with van der Waals surface area (Å²) in [7, 11) is 0. The summed E-state index contributed by atoms with van der Waals surface area (Å²) in [6.45, 7) is 5.00. The SMILES string of the molecule is CC(C)N(CCCO)c1nc2ccccn2c1CO. The smallest absolute Gasteiger partial charge is 0.153 e. The molecule has 2 aromatic rings. The van der Waals surface area contributed by atoms with E-state index >= 15 is 0 Å². The minimum Gasteiger partial charge on any atom is -0.396 e. The van der Waals surface area contributed by atoms with Gasteiger partial charge in [-0.15, -0.1) is 0 Å². The van der Waals surface area contributed by atoms with Crippen LogP contribution < -0.4 is 4.90 Å². The second-order valence-corrected chi connectivity index (χ2v) is 4.83. The zero-order valence-corrected chi connectivity index (χ0v) is 11.5. The van der Waals surface area contributed by atoms with Gasteiger partial charge in [0, 0.05) is 25.4 Å². The Labute approximate surface area is 113 Å². The normalized spacial score (nSPS) is 11.4. The van der Waals surface area contributed by atoms with Crippen molar-refractivity contribution in [1.82, 2.24) is 9.38 Å². The van der Waals surface area contributed by atoms with Gasteiger partial charge in [0.25, 0.3) is 0 Å². The van der Waals surface area contributed by atoms with E-state index in [-0.39, 0.29) is 19.3 Å². The molecule has 0 saturated carbocycles. The highest BCUT2D eigenvalue weighted by molar-refractivity contribution is 5.56. The number of aromatic nitrogens is 2. The molecule has 0 unspecified atom stereocenters. The lowest BCUT2D eigenvalue weighted by Crippen LogP contribution is -2.33. The highest BCUT2D eigenvalue weighted by Gasteiger charge is 2.19. The minimum absolute atomic E-state index is 0.0527. The van der Waals surface area contributed by atoms with Crippen LogP contribution in [0.5, 0.6) is 0 Å². The van der Waals surface area contributed by atoms with Gasteiger partial charge in [-0.05, 0) is 32.4 Å². The van der Waals surface area contributed by atoms with Crippen molar-refractivity contribution in [1.29, 1.82) is 0 Å². The summed E-state index contributed by atoms with van der Waals surface area (Å²) < 4.78 is 1.91. The van der Waals surface area contributed by atoms with Gasteiger partial charge < -0.3 is 15.1 Å². The van der Waals surface area contributed by atoms with Gasteiger partial charge in [0.05, 0.1) is 12.3 Å². The summed E-state index contributed by atoms with van der Waals surface area (Å²) in [5.41, 5.74) is 1.62. The molecule has 2 rings (SSSR count). The molecule has 0 bridgehead atoms. The van der Waals surface area contributed by atoms with E-state index in [2.05, 4.69) is 23.7 Å². The van der Waals surface area contributed by atoms with Crippen LogP contribution in [0, 0.1) is 0 Å². The molecule has 0 spiro atoms. The largest absolute Gasteiger partial charge is 0.396 e. The van der Waals surface area contributed by atoms with Crippen LogP contribution >= 0.6 is 0 Å². The predicted octanol–water partition coefficient (Wildman–Crippen LogP) is 1.42. The van der Waals surface area contributed by atoms with Crippen LogP contribution in [0.15, 0.2) is 24.4 Å². The van der Waals surface area contributed by atoms with Crippen molar-refractivity contribution in [3.05, 3.63) is 30.1 Å². The number of pyridine rings is 1. The maximum atomic E-state index is 9.62. The number of nitrogens with zero attached hydrogens (tertiary/aromatic N) is 3. The molecular formula is C14H21N3O2. The van der Waals surface area contributed by atoms with Gasteiger partial charge in [0.15, 0.2) is 5.82 Å². The van der Waals surface area contributed by atoms with Crippen LogP contribution in [0.3, 0.4) is 0 Å². The molecule has 19 heavy (non-hydrogen) atoms. The molecule has 0 aliphatic carbocycles. The lowest BCUT2D eigenvalue weighted by Gasteiger charge is -2.27. The number of imidazole rings is 1. The van der Waals surface area contributed by atoms with Crippen LogP contribution in [0.4, 0.5) is 5.82 Å². The molecule has 2 N–H and O–H groups in total. The summed E-state index contributed by atoms with van der Waals surface area (Å²) in [6, 6.07) is 6.04. The van der Waals surface area contributed by atoms with Crippen LogP contribution in [-0.2, 0) is 6.61 Å². The van der Waals surface area contributed by atoms with Crippen LogP contribution in [0.1, 0.15) is 26.0 Å². The summed E-state index contributed by atoms with van der Waals surface area (Å²) in [5, 5.41) is 18.6. The highest BCUT2D eigenvalue weighted by Crippen LogP contribution is 2.23. The average Bonchev–Trinajstić information content (AvgIpc) is 2.77. The maximum absolute atomic E-state index is 9.62. The van der Waals surface area contributed by atoms with Crippen molar-refractivity contribution in [3.63, 3.8) is 0 Å². The van der Waals surface area contributed by atoms with Gasteiger partial charge in [0.2, 0.25) is 0 Å². The second kappa shape index (κ2) is 6.04. The zero-order chi connectivity index (χ0) is 13.8. The van der Waals surface area contributed by atoms with Gasteiger partial charge in [-0.25, -0.2) is 4.98 Å². The molecule has 5 nitrogen and oxygen atoms in total. The molecular weight excluding hydrogens is 242 g/mol. The first kappa shape index (κ1) is 13.8. The maximum Gasteiger partial charge on any atom is 0.153 e. The summed E-state index contributed by atoms with van der Waals surface area (Å²) >= 11 is 0. The Kier molecular flexibility index (Phi) is 4.39. The summed E-state index contributed by atoms with van der Waals surface area (Å²) in [4.78, 5) is 6.73. The van der Waals surface area contributed by atoms with Crippen molar-refractivity contribution in [2.24, 2.45) is 0 Å². The predicted molar refractivity (Wildman–Crippen MR) is 75.3 cm³/mol. The minimum atomic E-state index is -0.0527. The van der Waals surface area contributed by atoms with Crippen molar-refractivity contribution in [2.45, 2.75) is 32.9 Å². The average molecular weight is 263 g/mol. The van der Waals surface area contributed by atoms with Gasteiger partial charge >= 0.3 is 0 Å². The molecule has 2 aromatic heterocycles. The first-order valence-corrected chi connectivity index (χ1v) is 6.63. The Hall–Kier alpha value is -1.59. The number of hydrogen-bond donors (Lipinski definition) is 2. The van der Waals surface area contributed by atoms with E-state index in [4.69, 9.17) is 5.11 Å². The molecule has 2 heterocycles. The lowest BCUT2D eigenvalue weighted by molar-refractivity contribution is 0.275. The molecule has 104 valence electrons. The van der Waals surface area contributed by atoms with Gasteiger partial charge in [0.1, 0.15) is 5.65 Å². The molecule has 0 saturated heterocycles. The van der Waals surface area contributed by atoms with Crippen molar-refractivity contribution in [2.75, 3.05) is 18.1 Å². The Morgan fingerprint density at radius 1 is 1.32 bits per heavy atom. The second-order valence-electron chi connectivity index (χ2n) is 4.83. The fourth-order valence-electron chi connectivity index (χ4n) is 2.26. The van der Waals surface area contributed by atoms with E-state index in [1.165, 1.54) is 0 Å². The topological polar surface area (TPSA) is 61.0 Å². The monoisotopic (exact) mass is 263 g/mol. The number of rotatable bonds is 6. The fraction of sp³-hybridized carbons (Fsp3) is 0.500. The van der Waals surface area contributed by atoms with E-state index in [1.807, 2.05) is 28.8 Å². The summed E-state index contributed by atoms with van der Waals surface area (Å²) in [6.07, 6.45) is 2.60. The third kappa shape index (κ3) is 2.72. The van der Waals surface area contributed by atoms with Crippen molar-refractivity contribution in [3.8, 4) is 0 Å². The molecule has 0 aliphatic rings. The third-order valence-corrected chi connectivity index (χ3v) is 3.21. The Morgan fingerprint density at radius 3 is 2.74 bits per heavy atom. The molecule has 0 fully saturated rings. The van der Waals surface area contributed by atoms with Gasteiger partial charge in [-0.1, -0.05) is 6.07 Å². The number of hydrogen-bond acceptors (Lipinski definition) is 4. The third-order valence-electron chi connectivity index (χ3n) is 3.21. The molecule has 5 heteroatoms. The molecule has 0 aliphatic heterocycles. The molecule has 0 atom stereocenters. The quantitative estimate of drug-likeness (QED) is 0.827. The van der Waals surface area contributed by atoms with E-state index in [0.717, 1.165) is 23.7 Å². The first-order valence-electron chi connectivity index (χ1n) is 6.63. The van der Waals surface area contributed by atoms with Gasteiger partial charge in [-0.3, -0.25) is 4.40 Å². The Balaban J connectivity index is 2.46. The fourth-order valence-corrected chi connectivity index (χ4v) is 2.26. The van der Waals surface area contributed by atoms with E-state index in [1.54, 1.807) is 0 Å². The Morgan fingerprint density at radius 2 is 2.11 bits per heavy atom. The number of fused-ring (bicyclic) bond motifs is 1. The summed E-state index contributed by atoms with van der Waals surface area (Å²) in [5.74, 6) is 0.803. The molecule has 0 amide bonds. The zero-order valence-electron chi connectivity index (χ0n) is 11.5. The lowest BCUT2D eigenvalue weighted by atomic mass is 10.2. The van der Waals surface area contributed by atoms with Crippen molar-refractivity contribution < 1.29 is 10.2 Å². The molecule has 0 aromatic carbocycles. The first-order chi connectivity index (χ1) is 9.19. The van der Waals surface area contributed by atoms with Gasteiger partial charge in [-0.2, -0.15) is 0 Å². The van der Waals surface area contributed by atoms with Crippen molar-refractivity contribution >= 4 is 11.5 Å². The standard InChI is InChI=1S/C14H21N3O2/c1-11(2)16(8-5-9-18)14-12(10-19)17-7-4-3-6-13(17)15-14/h3-4,6-7,11,18-19H,5,8-10H2,1-2H3. The number of anilines is 1. The number of aliphatic hydroxyl groups is 2. The molecule has 0 radical (unpaired) electrons. The van der Waals surface area contributed by atoms with Crippen LogP contribution in [0.25, 0.3) is 5.65 Å².